The number of nitrogens with zero attached hydrogens (tertiary/aromatic N) is 3. The number of amides is 2. The van der Waals surface area contributed by atoms with Gasteiger partial charge in [-0.3, -0.25) is 9.59 Å². The van der Waals surface area contributed by atoms with Crippen LogP contribution in [0.1, 0.15) is 44.1 Å². The first-order chi connectivity index (χ1) is 13.1. The summed E-state index contributed by atoms with van der Waals surface area (Å²) in [5, 5.41) is 4.35. The SMILES string of the molecule is CN(CC(=O)NC(C)(C)C)C(=O)CSc1nc(N)c2c3c(sc2n1)CCCC3. The zero-order valence-electron chi connectivity index (χ0n) is 16.8. The van der Waals surface area contributed by atoms with Crippen molar-refractivity contribution in [2.75, 3.05) is 25.1 Å². The number of aromatic nitrogens is 2. The Hall–Kier alpha value is -1.87. The Balaban J connectivity index is 1.63. The van der Waals surface area contributed by atoms with Crippen molar-refractivity contribution in [2.24, 2.45) is 0 Å². The maximum atomic E-state index is 12.4. The molecule has 0 bridgehead atoms. The maximum Gasteiger partial charge on any atom is 0.240 e. The van der Waals surface area contributed by atoms with Gasteiger partial charge in [-0.05, 0) is 52.0 Å². The Bertz CT molecular complexity index is 904. The van der Waals surface area contributed by atoms with E-state index in [-0.39, 0.29) is 29.7 Å². The third kappa shape index (κ3) is 4.94. The van der Waals surface area contributed by atoms with Crippen molar-refractivity contribution >= 4 is 50.9 Å². The molecule has 0 spiro atoms. The van der Waals surface area contributed by atoms with E-state index in [0.717, 1.165) is 23.1 Å². The minimum absolute atomic E-state index is 0.0241. The van der Waals surface area contributed by atoms with Crippen LogP contribution in [-0.2, 0) is 22.4 Å². The second-order valence-electron chi connectivity index (χ2n) is 8.12. The molecule has 0 aliphatic heterocycles. The van der Waals surface area contributed by atoms with Crippen LogP contribution in [0.2, 0.25) is 0 Å². The van der Waals surface area contributed by atoms with Gasteiger partial charge in [-0.2, -0.15) is 0 Å². The average molecular weight is 422 g/mol. The van der Waals surface area contributed by atoms with Gasteiger partial charge in [0.15, 0.2) is 5.16 Å². The second kappa shape index (κ2) is 8.24. The van der Waals surface area contributed by atoms with Crippen LogP contribution in [0.5, 0.6) is 0 Å². The molecule has 0 saturated heterocycles. The lowest BCUT2D eigenvalue weighted by atomic mass is 9.97. The van der Waals surface area contributed by atoms with Crippen LogP contribution < -0.4 is 11.1 Å². The number of thioether (sulfide) groups is 1. The number of nitrogens with one attached hydrogen (secondary N) is 1. The maximum absolute atomic E-state index is 12.4. The minimum atomic E-state index is -0.323. The van der Waals surface area contributed by atoms with Crippen molar-refractivity contribution in [1.29, 1.82) is 0 Å². The normalized spacial score (nSPS) is 14.0. The molecule has 28 heavy (non-hydrogen) atoms. The molecule has 3 rings (SSSR count). The first kappa shape index (κ1) is 20.9. The Morgan fingerprint density at radius 1 is 1.25 bits per heavy atom. The second-order valence-corrected chi connectivity index (χ2v) is 10.1. The van der Waals surface area contributed by atoms with E-state index in [1.165, 1.54) is 39.9 Å². The van der Waals surface area contributed by atoms with Gasteiger partial charge in [0.2, 0.25) is 11.8 Å². The van der Waals surface area contributed by atoms with Crippen LogP contribution >= 0.6 is 23.1 Å². The van der Waals surface area contributed by atoms with Gasteiger partial charge >= 0.3 is 0 Å². The summed E-state index contributed by atoms with van der Waals surface area (Å²) in [6.45, 7) is 5.74. The number of thiophene rings is 1. The van der Waals surface area contributed by atoms with Crippen molar-refractivity contribution in [3.63, 3.8) is 0 Å². The van der Waals surface area contributed by atoms with E-state index in [1.807, 2.05) is 20.8 Å². The number of hydrogen-bond donors (Lipinski definition) is 2. The van der Waals surface area contributed by atoms with E-state index in [9.17, 15) is 9.59 Å². The van der Waals surface area contributed by atoms with Gasteiger partial charge in [0.05, 0.1) is 17.7 Å². The largest absolute Gasteiger partial charge is 0.383 e. The molecule has 1 aliphatic carbocycles. The van der Waals surface area contributed by atoms with Gasteiger partial charge in [-0.25, -0.2) is 9.97 Å². The van der Waals surface area contributed by atoms with E-state index in [4.69, 9.17) is 5.73 Å². The van der Waals surface area contributed by atoms with Crippen molar-refractivity contribution in [2.45, 2.75) is 57.1 Å². The van der Waals surface area contributed by atoms with Crippen molar-refractivity contribution in [3.8, 4) is 0 Å². The molecule has 0 aromatic carbocycles. The molecule has 0 atom stereocenters. The Kier molecular flexibility index (Phi) is 6.14. The van der Waals surface area contributed by atoms with Crippen LogP contribution in [-0.4, -0.2) is 51.6 Å². The van der Waals surface area contributed by atoms with E-state index >= 15 is 0 Å². The zero-order valence-corrected chi connectivity index (χ0v) is 18.4. The summed E-state index contributed by atoms with van der Waals surface area (Å²) in [4.78, 5) is 37.1. The highest BCUT2D eigenvalue weighted by Crippen LogP contribution is 2.38. The molecule has 0 radical (unpaired) electrons. The molecular weight excluding hydrogens is 394 g/mol. The Morgan fingerprint density at radius 2 is 1.96 bits per heavy atom. The highest BCUT2D eigenvalue weighted by molar-refractivity contribution is 7.99. The minimum Gasteiger partial charge on any atom is -0.383 e. The molecule has 0 fully saturated rings. The predicted octanol–water partition coefficient (Wildman–Crippen LogP) is 2.62. The number of nitrogens with two attached hydrogens (primary N) is 1. The van der Waals surface area contributed by atoms with E-state index < -0.39 is 0 Å². The van der Waals surface area contributed by atoms with E-state index in [1.54, 1.807) is 18.4 Å². The number of carbonyl (C=O) groups excluding carboxylic acids is 2. The third-order valence-electron chi connectivity index (χ3n) is 4.47. The smallest absolute Gasteiger partial charge is 0.240 e. The molecule has 2 amide bonds. The number of rotatable bonds is 5. The van der Waals surface area contributed by atoms with Gasteiger partial charge in [0.1, 0.15) is 10.6 Å². The Morgan fingerprint density at radius 3 is 2.68 bits per heavy atom. The van der Waals surface area contributed by atoms with Gasteiger partial charge in [-0.1, -0.05) is 11.8 Å². The number of fused-ring (bicyclic) bond motifs is 3. The summed E-state index contributed by atoms with van der Waals surface area (Å²) in [7, 11) is 1.62. The highest BCUT2D eigenvalue weighted by Gasteiger charge is 2.21. The van der Waals surface area contributed by atoms with Crippen LogP contribution in [0.15, 0.2) is 5.16 Å². The molecule has 7 nitrogen and oxygen atoms in total. The summed E-state index contributed by atoms with van der Waals surface area (Å²) in [5.41, 5.74) is 7.19. The summed E-state index contributed by atoms with van der Waals surface area (Å²) in [6, 6.07) is 0. The predicted molar refractivity (Wildman–Crippen MR) is 115 cm³/mol. The molecule has 152 valence electrons. The number of carbonyl (C=O) groups is 2. The number of anilines is 1. The van der Waals surface area contributed by atoms with Crippen LogP contribution in [0.25, 0.3) is 10.2 Å². The topological polar surface area (TPSA) is 101 Å². The monoisotopic (exact) mass is 421 g/mol. The summed E-state index contributed by atoms with van der Waals surface area (Å²) in [5.74, 6) is 0.327. The fraction of sp³-hybridized carbons (Fsp3) is 0.579. The molecule has 9 heteroatoms. The Labute approximate surface area is 173 Å². The number of likely N-dealkylation sites (N-methyl/N-ethyl adjacent to an activating group) is 1. The first-order valence-electron chi connectivity index (χ1n) is 9.39. The fourth-order valence-electron chi connectivity index (χ4n) is 3.23. The van der Waals surface area contributed by atoms with Gasteiger partial charge in [-0.15, -0.1) is 11.3 Å². The lowest BCUT2D eigenvalue weighted by Gasteiger charge is -2.23. The number of hydrogen-bond acceptors (Lipinski definition) is 7. The summed E-state index contributed by atoms with van der Waals surface area (Å²) in [6.07, 6.45) is 4.50. The molecule has 3 N–H and O–H groups in total. The summed E-state index contributed by atoms with van der Waals surface area (Å²) < 4.78 is 0. The van der Waals surface area contributed by atoms with Crippen LogP contribution in [0.4, 0.5) is 5.82 Å². The lowest BCUT2D eigenvalue weighted by Crippen LogP contribution is -2.46. The molecule has 2 heterocycles. The number of nitrogen functional groups attached to an aromatic ring is 1. The van der Waals surface area contributed by atoms with E-state index in [0.29, 0.717) is 11.0 Å². The fourth-order valence-corrected chi connectivity index (χ4v) is 5.35. The molecule has 2 aromatic rings. The van der Waals surface area contributed by atoms with Gasteiger partial charge in [0, 0.05) is 17.5 Å². The molecule has 1 aliphatic rings. The van der Waals surface area contributed by atoms with E-state index in [2.05, 4.69) is 15.3 Å². The zero-order chi connectivity index (χ0) is 20.5. The van der Waals surface area contributed by atoms with Gasteiger partial charge in [0.25, 0.3) is 0 Å². The average Bonchev–Trinajstić information content (AvgIpc) is 2.96. The van der Waals surface area contributed by atoms with Crippen LogP contribution in [0.3, 0.4) is 0 Å². The molecule has 0 saturated carbocycles. The first-order valence-corrected chi connectivity index (χ1v) is 11.2. The van der Waals surface area contributed by atoms with Gasteiger partial charge < -0.3 is 16.0 Å². The number of aryl methyl sites for hydroxylation is 2. The van der Waals surface area contributed by atoms with Crippen molar-refractivity contribution in [3.05, 3.63) is 10.4 Å². The molecule has 0 unspecified atom stereocenters. The highest BCUT2D eigenvalue weighted by atomic mass is 32.2. The molecule has 2 aromatic heterocycles. The van der Waals surface area contributed by atoms with Crippen LogP contribution in [0, 0.1) is 0 Å². The quantitative estimate of drug-likeness (QED) is 0.568. The lowest BCUT2D eigenvalue weighted by molar-refractivity contribution is -0.133. The summed E-state index contributed by atoms with van der Waals surface area (Å²) >= 11 is 2.94. The van der Waals surface area contributed by atoms with Crippen molar-refractivity contribution in [1.82, 2.24) is 20.2 Å². The molecular formula is C19H27N5O2S2. The third-order valence-corrected chi connectivity index (χ3v) is 6.49. The standard InChI is InChI=1S/C19H27N5O2S2/c1-19(2,3)23-13(25)9-24(4)14(26)10-27-18-21-16(20)15-11-7-5-6-8-12(11)28-17(15)22-18/h5-10H2,1-4H3,(H,23,25)(H2,20,21,22). The van der Waals surface area contributed by atoms with Crippen molar-refractivity contribution < 1.29 is 9.59 Å².